The molecule has 1 aliphatic heterocycles. The lowest BCUT2D eigenvalue weighted by atomic mass is 10.2. The van der Waals surface area contributed by atoms with Crippen LogP contribution < -0.4 is 20.1 Å². The standard InChI is InChI=1S/C26H21FIN3O5/c1-35-23-5-3-2-4-20(23)29-24(32)14-31-25(33)21(30-26(31)34)13-17-8-11-22(19(28)12-17)36-15-16-6-9-18(27)10-7-16/h2-13H,14-15H2,1H3,(H,29,32)(H,30,34)/b21-13+. The van der Waals surface area contributed by atoms with Gasteiger partial charge < -0.3 is 20.1 Å². The molecule has 1 aliphatic rings. The Labute approximate surface area is 220 Å². The van der Waals surface area contributed by atoms with Crippen LogP contribution in [0, 0.1) is 9.39 Å². The first-order valence-electron chi connectivity index (χ1n) is 10.8. The first-order chi connectivity index (χ1) is 17.3. The number of ether oxygens (including phenoxy) is 2. The summed E-state index contributed by atoms with van der Waals surface area (Å²) in [5.41, 5.74) is 1.98. The van der Waals surface area contributed by atoms with E-state index >= 15 is 0 Å². The number of para-hydroxylation sites is 2. The lowest BCUT2D eigenvalue weighted by molar-refractivity contribution is -0.127. The van der Waals surface area contributed by atoms with E-state index in [2.05, 4.69) is 33.2 Å². The minimum absolute atomic E-state index is 0.0564. The number of halogens is 2. The van der Waals surface area contributed by atoms with E-state index in [1.54, 1.807) is 54.6 Å². The zero-order chi connectivity index (χ0) is 25.7. The van der Waals surface area contributed by atoms with E-state index in [9.17, 15) is 18.8 Å². The molecular weight excluding hydrogens is 580 g/mol. The van der Waals surface area contributed by atoms with Gasteiger partial charge >= 0.3 is 6.03 Å². The Hall–Kier alpha value is -3.93. The van der Waals surface area contributed by atoms with Gasteiger partial charge in [0.05, 0.1) is 16.4 Å². The van der Waals surface area contributed by atoms with Gasteiger partial charge in [-0.25, -0.2) is 14.1 Å². The predicted octanol–water partition coefficient (Wildman–Crippen LogP) is 4.55. The number of anilines is 1. The van der Waals surface area contributed by atoms with Crippen LogP contribution in [0.5, 0.6) is 11.5 Å². The number of amides is 4. The molecule has 36 heavy (non-hydrogen) atoms. The molecule has 1 fully saturated rings. The van der Waals surface area contributed by atoms with Gasteiger partial charge in [-0.05, 0) is 76.2 Å². The van der Waals surface area contributed by atoms with Gasteiger partial charge in [0.15, 0.2) is 0 Å². The summed E-state index contributed by atoms with van der Waals surface area (Å²) in [6.07, 6.45) is 1.53. The van der Waals surface area contributed by atoms with Crippen molar-refractivity contribution >= 4 is 52.2 Å². The highest BCUT2D eigenvalue weighted by Crippen LogP contribution is 2.26. The molecule has 0 aliphatic carbocycles. The number of hydrogen-bond acceptors (Lipinski definition) is 5. The van der Waals surface area contributed by atoms with Gasteiger partial charge in [0.1, 0.15) is 36.2 Å². The maximum Gasteiger partial charge on any atom is 0.329 e. The van der Waals surface area contributed by atoms with Gasteiger partial charge in [-0.1, -0.05) is 30.3 Å². The third-order valence-electron chi connectivity index (χ3n) is 5.22. The molecule has 0 aromatic heterocycles. The molecule has 1 heterocycles. The number of nitrogens with one attached hydrogen (secondary N) is 2. The second-order valence-electron chi connectivity index (χ2n) is 7.73. The van der Waals surface area contributed by atoms with Crippen LogP contribution in [0.2, 0.25) is 0 Å². The fourth-order valence-corrected chi connectivity index (χ4v) is 4.12. The fraction of sp³-hybridized carbons (Fsp3) is 0.115. The van der Waals surface area contributed by atoms with E-state index in [1.165, 1.54) is 25.3 Å². The van der Waals surface area contributed by atoms with Gasteiger partial charge in [0, 0.05) is 0 Å². The Bertz CT molecular complexity index is 1340. The summed E-state index contributed by atoms with van der Waals surface area (Å²) in [6.45, 7) is -0.176. The molecule has 0 saturated carbocycles. The van der Waals surface area contributed by atoms with Crippen LogP contribution >= 0.6 is 22.6 Å². The summed E-state index contributed by atoms with van der Waals surface area (Å²) in [4.78, 5) is 38.4. The van der Waals surface area contributed by atoms with Crippen LogP contribution in [0.4, 0.5) is 14.9 Å². The van der Waals surface area contributed by atoms with Gasteiger partial charge in [0.25, 0.3) is 5.91 Å². The zero-order valence-electron chi connectivity index (χ0n) is 19.1. The third-order valence-corrected chi connectivity index (χ3v) is 6.06. The van der Waals surface area contributed by atoms with Crippen LogP contribution in [0.15, 0.2) is 72.4 Å². The smallest absolute Gasteiger partial charge is 0.329 e. The van der Waals surface area contributed by atoms with Crippen LogP contribution in [-0.4, -0.2) is 36.4 Å². The Morgan fingerprint density at radius 1 is 1.08 bits per heavy atom. The molecular formula is C26H21FIN3O5. The minimum atomic E-state index is -0.685. The normalized spacial score (nSPS) is 14.1. The van der Waals surface area contributed by atoms with Crippen molar-refractivity contribution in [3.63, 3.8) is 0 Å². The number of carbonyl (C=O) groups excluding carboxylic acids is 3. The highest BCUT2D eigenvalue weighted by Gasteiger charge is 2.35. The van der Waals surface area contributed by atoms with E-state index in [1.807, 2.05) is 0 Å². The highest BCUT2D eigenvalue weighted by atomic mass is 127. The number of urea groups is 1. The second-order valence-corrected chi connectivity index (χ2v) is 8.90. The zero-order valence-corrected chi connectivity index (χ0v) is 21.2. The Kier molecular flexibility index (Phi) is 7.84. The molecule has 2 N–H and O–H groups in total. The summed E-state index contributed by atoms with van der Waals surface area (Å²) in [7, 11) is 1.48. The van der Waals surface area contributed by atoms with Crippen molar-refractivity contribution < 1.29 is 28.2 Å². The fourth-order valence-electron chi connectivity index (χ4n) is 3.43. The van der Waals surface area contributed by atoms with E-state index in [-0.39, 0.29) is 18.1 Å². The lowest BCUT2D eigenvalue weighted by Crippen LogP contribution is -2.38. The number of methoxy groups -OCH3 is 1. The van der Waals surface area contributed by atoms with Crippen molar-refractivity contribution in [2.24, 2.45) is 0 Å². The van der Waals surface area contributed by atoms with Crippen molar-refractivity contribution in [2.75, 3.05) is 19.0 Å². The molecule has 0 bridgehead atoms. The average Bonchev–Trinajstić information content (AvgIpc) is 3.12. The molecule has 0 radical (unpaired) electrons. The first-order valence-corrected chi connectivity index (χ1v) is 11.9. The van der Waals surface area contributed by atoms with Crippen molar-refractivity contribution in [1.29, 1.82) is 0 Å². The van der Waals surface area contributed by atoms with Crippen LogP contribution in [0.3, 0.4) is 0 Å². The van der Waals surface area contributed by atoms with Crippen LogP contribution in [0.25, 0.3) is 6.08 Å². The SMILES string of the molecule is COc1ccccc1NC(=O)CN1C(=O)N/C(=C/c2ccc(OCc3ccc(F)cc3)c(I)c2)C1=O. The molecule has 3 aromatic carbocycles. The van der Waals surface area contributed by atoms with E-state index in [0.717, 1.165) is 14.0 Å². The Balaban J connectivity index is 1.40. The number of rotatable bonds is 8. The lowest BCUT2D eigenvalue weighted by Gasteiger charge is -2.13. The van der Waals surface area contributed by atoms with Crippen molar-refractivity contribution in [1.82, 2.24) is 10.2 Å². The largest absolute Gasteiger partial charge is 0.495 e. The summed E-state index contributed by atoms with van der Waals surface area (Å²) >= 11 is 2.11. The van der Waals surface area contributed by atoms with Gasteiger partial charge in [-0.2, -0.15) is 0 Å². The molecule has 4 rings (SSSR count). The molecule has 10 heteroatoms. The third kappa shape index (κ3) is 6.00. The minimum Gasteiger partial charge on any atom is -0.495 e. The first kappa shape index (κ1) is 25.2. The molecule has 0 atom stereocenters. The number of hydrogen-bond donors (Lipinski definition) is 2. The van der Waals surface area contributed by atoms with Gasteiger partial charge in [0.2, 0.25) is 5.91 Å². The van der Waals surface area contributed by atoms with Crippen molar-refractivity contribution in [2.45, 2.75) is 6.61 Å². The predicted molar refractivity (Wildman–Crippen MR) is 140 cm³/mol. The van der Waals surface area contributed by atoms with Gasteiger partial charge in [-0.3, -0.25) is 9.59 Å². The topological polar surface area (TPSA) is 97.0 Å². The number of benzene rings is 3. The number of imide groups is 1. The monoisotopic (exact) mass is 601 g/mol. The molecule has 184 valence electrons. The maximum atomic E-state index is 13.1. The molecule has 0 spiro atoms. The van der Waals surface area contributed by atoms with E-state index in [4.69, 9.17) is 9.47 Å². The molecule has 8 nitrogen and oxygen atoms in total. The van der Waals surface area contributed by atoms with Crippen LogP contribution in [0.1, 0.15) is 11.1 Å². The quantitative estimate of drug-likeness (QED) is 0.225. The highest BCUT2D eigenvalue weighted by molar-refractivity contribution is 14.1. The summed E-state index contributed by atoms with van der Waals surface area (Å²) < 4.78 is 24.8. The van der Waals surface area contributed by atoms with Crippen molar-refractivity contribution in [3.05, 3.63) is 92.9 Å². The number of nitrogens with zero attached hydrogens (tertiary/aromatic N) is 1. The Morgan fingerprint density at radius 2 is 1.83 bits per heavy atom. The molecule has 0 unspecified atom stereocenters. The Morgan fingerprint density at radius 3 is 2.56 bits per heavy atom. The molecule has 4 amide bonds. The molecule has 1 saturated heterocycles. The summed E-state index contributed by atoms with van der Waals surface area (Å²) in [5.74, 6) is -0.375. The van der Waals surface area contributed by atoms with E-state index in [0.29, 0.717) is 22.7 Å². The van der Waals surface area contributed by atoms with Gasteiger partial charge in [-0.15, -0.1) is 0 Å². The average molecular weight is 601 g/mol. The maximum absolute atomic E-state index is 13.1. The van der Waals surface area contributed by atoms with Crippen LogP contribution in [-0.2, 0) is 16.2 Å². The molecule has 3 aromatic rings. The number of carbonyl (C=O) groups is 3. The van der Waals surface area contributed by atoms with E-state index < -0.39 is 24.4 Å². The summed E-state index contributed by atoms with van der Waals surface area (Å²) in [6, 6.07) is 17.5. The second kappa shape index (κ2) is 11.2. The van der Waals surface area contributed by atoms with Crippen molar-refractivity contribution in [3.8, 4) is 11.5 Å². The summed E-state index contributed by atoms with van der Waals surface area (Å²) in [5, 5.41) is 5.15.